The topological polar surface area (TPSA) is 56.1 Å². The molecule has 0 amide bonds. The zero-order valence-electron chi connectivity index (χ0n) is 8.49. The summed E-state index contributed by atoms with van der Waals surface area (Å²) in [5, 5.41) is 3.02. The smallest absolute Gasteiger partial charge is 0.358 e. The Morgan fingerprint density at radius 3 is 3.14 bits per heavy atom. The number of hydrogen-bond acceptors (Lipinski definition) is 4. The first-order valence-corrected chi connectivity index (χ1v) is 4.61. The predicted octanol–water partition coefficient (Wildman–Crippen LogP) is 0.279. The maximum Gasteiger partial charge on any atom is 0.358 e. The third-order valence-corrected chi connectivity index (χ3v) is 1.74. The summed E-state index contributed by atoms with van der Waals surface area (Å²) < 4.78 is 6.67. The Morgan fingerprint density at radius 1 is 1.71 bits per heavy atom. The molecule has 0 bridgehead atoms. The second kappa shape index (κ2) is 5.39. The molecular formula is C9H15N3O2. The summed E-state index contributed by atoms with van der Waals surface area (Å²) in [7, 11) is 1.88. The van der Waals surface area contributed by atoms with E-state index in [9.17, 15) is 4.79 Å². The fourth-order valence-corrected chi connectivity index (χ4v) is 1.03. The predicted molar refractivity (Wildman–Crippen MR) is 52.1 cm³/mol. The van der Waals surface area contributed by atoms with Crippen LogP contribution in [-0.4, -0.2) is 35.7 Å². The Kier molecular flexibility index (Phi) is 4.12. The first-order valence-electron chi connectivity index (χ1n) is 4.61. The summed E-state index contributed by atoms with van der Waals surface area (Å²) in [6, 6.07) is 0. The average molecular weight is 197 g/mol. The summed E-state index contributed by atoms with van der Waals surface area (Å²) in [5.41, 5.74) is 0.364. The molecular weight excluding hydrogens is 182 g/mol. The number of nitrogens with zero attached hydrogens (tertiary/aromatic N) is 2. The van der Waals surface area contributed by atoms with Crippen molar-refractivity contribution < 1.29 is 9.53 Å². The van der Waals surface area contributed by atoms with Crippen molar-refractivity contribution >= 4 is 5.97 Å². The number of hydrogen-bond donors (Lipinski definition) is 1. The number of likely N-dealkylation sites (N-methyl/N-ethyl adjacent to an activating group) is 1. The van der Waals surface area contributed by atoms with Crippen LogP contribution in [0.3, 0.4) is 0 Å². The second-order valence-electron chi connectivity index (χ2n) is 2.82. The Hall–Kier alpha value is -1.36. The number of esters is 1. The maximum atomic E-state index is 11.2. The van der Waals surface area contributed by atoms with Gasteiger partial charge in [-0.1, -0.05) is 0 Å². The molecule has 1 aromatic heterocycles. The summed E-state index contributed by atoms with van der Waals surface area (Å²) in [4.78, 5) is 15.2. The molecule has 14 heavy (non-hydrogen) atoms. The number of carbonyl (C=O) groups excluding carboxylic acids is 1. The van der Waals surface area contributed by atoms with Gasteiger partial charge in [-0.05, 0) is 14.0 Å². The van der Waals surface area contributed by atoms with Crippen molar-refractivity contribution in [3.8, 4) is 0 Å². The third-order valence-electron chi connectivity index (χ3n) is 1.74. The van der Waals surface area contributed by atoms with Crippen molar-refractivity contribution in [2.75, 3.05) is 20.2 Å². The van der Waals surface area contributed by atoms with Gasteiger partial charge in [0.2, 0.25) is 0 Å². The summed E-state index contributed by atoms with van der Waals surface area (Å²) in [5.74, 6) is -0.365. The Labute approximate surface area is 83.1 Å². The van der Waals surface area contributed by atoms with E-state index < -0.39 is 0 Å². The van der Waals surface area contributed by atoms with Gasteiger partial charge in [-0.2, -0.15) is 0 Å². The molecule has 0 spiro atoms. The lowest BCUT2D eigenvalue weighted by atomic mass is 10.5. The van der Waals surface area contributed by atoms with Gasteiger partial charge in [0, 0.05) is 19.3 Å². The minimum Gasteiger partial charge on any atom is -0.461 e. The molecule has 0 fully saturated rings. The van der Waals surface area contributed by atoms with Gasteiger partial charge in [-0.3, -0.25) is 0 Å². The molecule has 0 aliphatic heterocycles. The van der Waals surface area contributed by atoms with E-state index in [0.29, 0.717) is 12.3 Å². The monoisotopic (exact) mass is 197 g/mol. The van der Waals surface area contributed by atoms with Crippen molar-refractivity contribution in [2.45, 2.75) is 13.5 Å². The number of carbonyl (C=O) groups is 1. The summed E-state index contributed by atoms with van der Waals surface area (Å²) in [6.07, 6.45) is 3.32. The van der Waals surface area contributed by atoms with E-state index in [1.807, 2.05) is 11.6 Å². The molecule has 78 valence electrons. The van der Waals surface area contributed by atoms with Crippen LogP contribution in [0.1, 0.15) is 17.4 Å². The molecule has 0 saturated carbocycles. The van der Waals surface area contributed by atoms with Crippen LogP contribution in [0.4, 0.5) is 0 Å². The van der Waals surface area contributed by atoms with Crippen LogP contribution in [0.2, 0.25) is 0 Å². The first-order chi connectivity index (χ1) is 6.77. The molecule has 0 unspecified atom stereocenters. The van der Waals surface area contributed by atoms with Gasteiger partial charge in [-0.25, -0.2) is 9.78 Å². The molecule has 0 aliphatic carbocycles. The van der Waals surface area contributed by atoms with Gasteiger partial charge < -0.3 is 14.6 Å². The van der Waals surface area contributed by atoms with E-state index in [1.165, 1.54) is 0 Å². The number of aromatic nitrogens is 2. The maximum absolute atomic E-state index is 11.2. The molecule has 5 nitrogen and oxygen atoms in total. The molecule has 0 saturated heterocycles. The number of nitrogens with one attached hydrogen (secondary N) is 1. The minimum atomic E-state index is -0.365. The van der Waals surface area contributed by atoms with Crippen LogP contribution < -0.4 is 5.32 Å². The van der Waals surface area contributed by atoms with Crippen molar-refractivity contribution in [3.05, 3.63) is 18.2 Å². The van der Waals surface area contributed by atoms with Crippen molar-refractivity contribution in [2.24, 2.45) is 0 Å². The lowest BCUT2D eigenvalue weighted by Crippen LogP contribution is -2.13. The fourth-order valence-electron chi connectivity index (χ4n) is 1.03. The van der Waals surface area contributed by atoms with Gasteiger partial charge >= 0.3 is 5.97 Å². The molecule has 1 N–H and O–H groups in total. The standard InChI is InChI=1S/C9H15N3O2/c1-3-14-9(13)8-6-12(7-11-8)5-4-10-2/h6-7,10H,3-5H2,1-2H3. The van der Waals surface area contributed by atoms with Crippen LogP contribution >= 0.6 is 0 Å². The number of imidazole rings is 1. The first kappa shape index (κ1) is 10.7. The Balaban J connectivity index is 2.54. The molecule has 0 atom stereocenters. The van der Waals surface area contributed by atoms with Crippen LogP contribution in [0.25, 0.3) is 0 Å². The third kappa shape index (κ3) is 2.85. The van der Waals surface area contributed by atoms with E-state index in [4.69, 9.17) is 4.74 Å². The van der Waals surface area contributed by atoms with E-state index in [0.717, 1.165) is 13.1 Å². The number of rotatable bonds is 5. The van der Waals surface area contributed by atoms with Crippen molar-refractivity contribution in [1.82, 2.24) is 14.9 Å². The zero-order valence-corrected chi connectivity index (χ0v) is 8.49. The SMILES string of the molecule is CCOC(=O)c1cn(CCNC)cn1. The van der Waals surface area contributed by atoms with Crippen LogP contribution in [0, 0.1) is 0 Å². The summed E-state index contributed by atoms with van der Waals surface area (Å²) in [6.45, 7) is 3.79. The lowest BCUT2D eigenvalue weighted by Gasteiger charge is -1.99. The van der Waals surface area contributed by atoms with Gasteiger partial charge in [0.05, 0.1) is 12.9 Å². The van der Waals surface area contributed by atoms with Crippen molar-refractivity contribution in [3.63, 3.8) is 0 Å². The normalized spacial score (nSPS) is 10.1. The molecule has 0 radical (unpaired) electrons. The van der Waals surface area contributed by atoms with E-state index in [-0.39, 0.29) is 5.97 Å². The summed E-state index contributed by atoms with van der Waals surface area (Å²) >= 11 is 0. The molecule has 1 heterocycles. The average Bonchev–Trinajstić information content (AvgIpc) is 2.63. The lowest BCUT2D eigenvalue weighted by molar-refractivity contribution is 0.0520. The Bertz CT molecular complexity index is 296. The minimum absolute atomic E-state index is 0.364. The molecule has 0 aliphatic rings. The van der Waals surface area contributed by atoms with Crippen LogP contribution in [0.15, 0.2) is 12.5 Å². The van der Waals surface area contributed by atoms with Gasteiger partial charge in [-0.15, -0.1) is 0 Å². The molecule has 0 aromatic carbocycles. The molecule has 5 heteroatoms. The van der Waals surface area contributed by atoms with E-state index in [2.05, 4.69) is 10.3 Å². The van der Waals surface area contributed by atoms with Gasteiger partial charge in [0.15, 0.2) is 5.69 Å². The highest BCUT2D eigenvalue weighted by atomic mass is 16.5. The molecule has 1 rings (SSSR count). The molecule has 1 aromatic rings. The van der Waals surface area contributed by atoms with E-state index >= 15 is 0 Å². The van der Waals surface area contributed by atoms with Crippen LogP contribution in [0.5, 0.6) is 0 Å². The quantitative estimate of drug-likeness (QED) is 0.689. The Morgan fingerprint density at radius 2 is 2.50 bits per heavy atom. The zero-order chi connectivity index (χ0) is 10.4. The largest absolute Gasteiger partial charge is 0.461 e. The van der Waals surface area contributed by atoms with Gasteiger partial charge in [0.1, 0.15) is 0 Å². The highest BCUT2D eigenvalue weighted by Gasteiger charge is 2.09. The number of ether oxygens (including phenoxy) is 1. The highest BCUT2D eigenvalue weighted by Crippen LogP contribution is 1.98. The van der Waals surface area contributed by atoms with Crippen LogP contribution in [-0.2, 0) is 11.3 Å². The van der Waals surface area contributed by atoms with Crippen molar-refractivity contribution in [1.29, 1.82) is 0 Å². The van der Waals surface area contributed by atoms with E-state index in [1.54, 1.807) is 19.4 Å². The highest BCUT2D eigenvalue weighted by molar-refractivity contribution is 5.86. The fraction of sp³-hybridized carbons (Fsp3) is 0.556. The second-order valence-corrected chi connectivity index (χ2v) is 2.82. The van der Waals surface area contributed by atoms with Gasteiger partial charge in [0.25, 0.3) is 0 Å².